The molecule has 0 saturated heterocycles. The molecule has 4 rings (SSSR count). The van der Waals surface area contributed by atoms with E-state index in [0.717, 1.165) is 22.3 Å². The van der Waals surface area contributed by atoms with Gasteiger partial charge in [-0.25, -0.2) is 0 Å². The molecule has 0 aliphatic carbocycles. The fourth-order valence-electron chi connectivity index (χ4n) is 4.61. The zero-order chi connectivity index (χ0) is 22.7. The van der Waals surface area contributed by atoms with Crippen molar-refractivity contribution in [1.29, 1.82) is 0 Å². The van der Waals surface area contributed by atoms with Crippen molar-refractivity contribution >= 4 is 23.5 Å². The monoisotopic (exact) mass is 438 g/mol. The first-order chi connectivity index (χ1) is 15.4. The maximum absolute atomic E-state index is 15.2. The summed E-state index contributed by atoms with van der Waals surface area (Å²) in [4.78, 5) is 14.3. The third-order valence-corrected chi connectivity index (χ3v) is 9.32. The van der Waals surface area contributed by atoms with Crippen LogP contribution in [0.5, 0.6) is 0 Å². The summed E-state index contributed by atoms with van der Waals surface area (Å²) in [5, 5.41) is 1.38. The van der Waals surface area contributed by atoms with Crippen molar-refractivity contribution in [1.82, 2.24) is 0 Å². The second kappa shape index (κ2) is 9.10. The summed E-state index contributed by atoms with van der Waals surface area (Å²) in [6.07, 6.45) is 0. The Morgan fingerprint density at radius 1 is 0.656 bits per heavy atom. The van der Waals surface area contributed by atoms with E-state index in [1.807, 2.05) is 124 Å². The highest BCUT2D eigenvalue weighted by Gasteiger charge is 2.43. The van der Waals surface area contributed by atoms with E-state index in [0.29, 0.717) is 16.2 Å². The molecule has 0 amide bonds. The Bertz CT molecular complexity index is 1210. The SMILES string of the molecule is Cc1cc(C)c(C(=O)C(c2ccccc2)P(=O)(c2ccccc2)c2ccccc2)c(C)c1. The normalized spacial score (nSPS) is 12.3. The first kappa shape index (κ1) is 22.0. The van der Waals surface area contributed by atoms with Crippen molar-refractivity contribution in [3.8, 4) is 0 Å². The molecular weight excluding hydrogens is 411 g/mol. The van der Waals surface area contributed by atoms with Crippen LogP contribution < -0.4 is 10.6 Å². The molecule has 4 aromatic carbocycles. The van der Waals surface area contributed by atoms with Gasteiger partial charge >= 0.3 is 0 Å². The molecule has 0 radical (unpaired) electrons. The summed E-state index contributed by atoms with van der Waals surface area (Å²) >= 11 is 0. The molecule has 160 valence electrons. The predicted octanol–water partition coefficient (Wildman–Crippen LogP) is 6.55. The number of rotatable bonds is 6. The molecule has 4 aromatic rings. The van der Waals surface area contributed by atoms with Gasteiger partial charge in [-0.2, -0.15) is 0 Å². The Balaban J connectivity index is 2.03. The van der Waals surface area contributed by atoms with E-state index in [-0.39, 0.29) is 5.78 Å². The van der Waals surface area contributed by atoms with Crippen LogP contribution >= 0.6 is 7.14 Å². The van der Waals surface area contributed by atoms with Crippen LogP contribution in [0.25, 0.3) is 0 Å². The van der Waals surface area contributed by atoms with E-state index in [2.05, 4.69) is 0 Å². The third-order valence-electron chi connectivity index (χ3n) is 5.93. The van der Waals surface area contributed by atoms with E-state index in [9.17, 15) is 4.79 Å². The van der Waals surface area contributed by atoms with Gasteiger partial charge in [-0.3, -0.25) is 4.79 Å². The maximum atomic E-state index is 15.2. The average Bonchev–Trinajstić information content (AvgIpc) is 2.80. The van der Waals surface area contributed by atoms with Crippen molar-refractivity contribution in [2.75, 3.05) is 0 Å². The molecule has 0 aliphatic rings. The van der Waals surface area contributed by atoms with Crippen LogP contribution in [-0.4, -0.2) is 5.78 Å². The summed E-state index contributed by atoms with van der Waals surface area (Å²) in [5.41, 5.74) is 3.57. The predicted molar refractivity (Wildman–Crippen MR) is 134 cm³/mol. The Hall–Kier alpha value is -3.22. The minimum absolute atomic E-state index is 0.0951. The van der Waals surface area contributed by atoms with Crippen molar-refractivity contribution < 1.29 is 9.36 Å². The highest BCUT2D eigenvalue weighted by Crippen LogP contribution is 2.58. The highest BCUT2D eigenvalue weighted by molar-refractivity contribution is 7.79. The van der Waals surface area contributed by atoms with Crippen LogP contribution in [0, 0.1) is 20.8 Å². The summed E-state index contributed by atoms with van der Waals surface area (Å²) in [7, 11) is -3.38. The molecular formula is C29H27O2P. The number of ketones is 1. The minimum Gasteiger partial charge on any atom is -0.313 e. The van der Waals surface area contributed by atoms with Crippen LogP contribution in [0.15, 0.2) is 103 Å². The minimum atomic E-state index is -3.38. The van der Waals surface area contributed by atoms with E-state index < -0.39 is 12.8 Å². The second-order valence-corrected chi connectivity index (χ2v) is 11.1. The van der Waals surface area contributed by atoms with Crippen molar-refractivity contribution in [3.05, 3.63) is 131 Å². The topological polar surface area (TPSA) is 34.1 Å². The van der Waals surface area contributed by atoms with Gasteiger partial charge in [0.2, 0.25) is 0 Å². The number of hydrogen-bond donors (Lipinski definition) is 0. The van der Waals surface area contributed by atoms with Crippen molar-refractivity contribution in [3.63, 3.8) is 0 Å². The molecule has 0 N–H and O–H groups in total. The first-order valence-corrected chi connectivity index (χ1v) is 12.6. The van der Waals surface area contributed by atoms with Crippen LogP contribution in [0.4, 0.5) is 0 Å². The third kappa shape index (κ3) is 3.99. The van der Waals surface area contributed by atoms with Crippen molar-refractivity contribution in [2.45, 2.75) is 26.4 Å². The fourth-order valence-corrected chi connectivity index (χ4v) is 7.79. The van der Waals surface area contributed by atoms with Gasteiger partial charge in [-0.05, 0) is 37.5 Å². The number of carbonyl (C=O) groups is 1. The van der Waals surface area contributed by atoms with Gasteiger partial charge in [0.25, 0.3) is 0 Å². The highest BCUT2D eigenvalue weighted by atomic mass is 31.2. The molecule has 32 heavy (non-hydrogen) atoms. The van der Waals surface area contributed by atoms with Gasteiger partial charge in [0, 0.05) is 16.2 Å². The second-order valence-electron chi connectivity index (χ2n) is 8.28. The van der Waals surface area contributed by atoms with Gasteiger partial charge in [-0.1, -0.05) is 109 Å². The smallest absolute Gasteiger partial charge is 0.178 e. The molecule has 0 aliphatic heterocycles. The van der Waals surface area contributed by atoms with Gasteiger partial charge in [0.05, 0.1) is 0 Å². The lowest BCUT2D eigenvalue weighted by Crippen LogP contribution is -2.27. The van der Waals surface area contributed by atoms with Gasteiger partial charge in [-0.15, -0.1) is 0 Å². The lowest BCUT2D eigenvalue weighted by molar-refractivity contribution is 0.0985. The maximum Gasteiger partial charge on any atom is 0.178 e. The quantitative estimate of drug-likeness (QED) is 0.253. The summed E-state index contributed by atoms with van der Waals surface area (Å²) in [6.45, 7) is 5.96. The van der Waals surface area contributed by atoms with Crippen LogP contribution in [0.1, 0.15) is 38.3 Å². The average molecular weight is 439 g/mol. The van der Waals surface area contributed by atoms with Gasteiger partial charge < -0.3 is 4.57 Å². The lowest BCUT2D eigenvalue weighted by Gasteiger charge is -2.29. The zero-order valence-corrected chi connectivity index (χ0v) is 19.6. The Labute approximate surface area is 190 Å². The summed E-state index contributed by atoms with van der Waals surface area (Å²) in [5.74, 6) is -0.0951. The van der Waals surface area contributed by atoms with E-state index in [1.165, 1.54) is 0 Å². The van der Waals surface area contributed by atoms with E-state index >= 15 is 4.57 Å². The Kier molecular flexibility index (Phi) is 6.26. The lowest BCUT2D eigenvalue weighted by atomic mass is 9.93. The molecule has 0 saturated carbocycles. The van der Waals surface area contributed by atoms with E-state index in [1.54, 1.807) is 0 Å². The number of hydrogen-bond acceptors (Lipinski definition) is 2. The number of carbonyl (C=O) groups excluding carboxylic acids is 1. The molecule has 0 aromatic heterocycles. The first-order valence-electron chi connectivity index (χ1n) is 10.8. The number of aryl methyl sites for hydroxylation is 3. The van der Waals surface area contributed by atoms with Crippen LogP contribution in [0.3, 0.4) is 0 Å². The molecule has 3 heteroatoms. The Morgan fingerprint density at radius 3 is 1.50 bits per heavy atom. The van der Waals surface area contributed by atoms with Crippen LogP contribution in [-0.2, 0) is 4.57 Å². The van der Waals surface area contributed by atoms with E-state index in [4.69, 9.17) is 0 Å². The van der Waals surface area contributed by atoms with Crippen LogP contribution in [0.2, 0.25) is 0 Å². The van der Waals surface area contributed by atoms with Crippen molar-refractivity contribution in [2.24, 2.45) is 0 Å². The fraction of sp³-hybridized carbons (Fsp3) is 0.138. The molecule has 1 atom stereocenters. The largest absolute Gasteiger partial charge is 0.313 e. The molecule has 0 bridgehead atoms. The molecule has 0 fully saturated rings. The molecule has 0 spiro atoms. The molecule has 1 unspecified atom stereocenters. The molecule has 0 heterocycles. The van der Waals surface area contributed by atoms with Gasteiger partial charge in [0.15, 0.2) is 12.9 Å². The zero-order valence-electron chi connectivity index (χ0n) is 18.7. The van der Waals surface area contributed by atoms with Gasteiger partial charge in [0.1, 0.15) is 5.66 Å². The summed E-state index contributed by atoms with van der Waals surface area (Å²) in [6, 6.07) is 32.5. The standard InChI is InChI=1S/C29H27O2P/c1-21-19-22(2)27(23(3)20-21)28(30)29(24-13-7-4-8-14-24)32(31,25-15-9-5-10-16-25)26-17-11-6-12-18-26/h4-20,29H,1-3H3. The number of Topliss-reactive ketones (excluding diaryl/α,β-unsaturated/α-hetero) is 1. The summed E-state index contributed by atoms with van der Waals surface area (Å²) < 4.78 is 15.2. The number of benzene rings is 4. The Morgan fingerprint density at radius 2 is 1.06 bits per heavy atom. The molecule has 2 nitrogen and oxygen atoms in total.